The molecule has 0 amide bonds. The molecule has 1 heterocycles. The van der Waals surface area contributed by atoms with Gasteiger partial charge < -0.3 is 5.32 Å². The molecule has 0 aliphatic rings. The molecular weight excluding hydrogens is 322 g/mol. The molecule has 0 aliphatic carbocycles. The zero-order valence-electron chi connectivity index (χ0n) is 8.58. The number of halogens is 2. The molecule has 0 saturated carbocycles. The van der Waals surface area contributed by atoms with Crippen LogP contribution >= 0.6 is 38.9 Å². The van der Waals surface area contributed by atoms with Crippen LogP contribution < -0.4 is 5.32 Å². The Kier molecular flexibility index (Phi) is 4.00. The molecule has 0 radical (unpaired) electrons. The third kappa shape index (κ3) is 3.19. The van der Waals surface area contributed by atoms with Gasteiger partial charge in [-0.05, 0) is 18.2 Å². The van der Waals surface area contributed by atoms with Gasteiger partial charge in [0.15, 0.2) is 4.47 Å². The molecule has 0 aliphatic heterocycles. The third-order valence-electron chi connectivity index (χ3n) is 2.08. The Morgan fingerprint density at radius 2 is 2.35 bits per heavy atom. The first-order valence-electron chi connectivity index (χ1n) is 4.73. The van der Waals surface area contributed by atoms with Gasteiger partial charge in [-0.2, -0.15) is 5.26 Å². The first-order valence-corrected chi connectivity index (χ1v) is 6.71. The van der Waals surface area contributed by atoms with Crippen LogP contribution in [-0.2, 0) is 6.54 Å². The van der Waals surface area contributed by atoms with E-state index in [1.165, 1.54) is 11.3 Å². The van der Waals surface area contributed by atoms with Gasteiger partial charge in [-0.15, -0.1) is 11.3 Å². The highest BCUT2D eigenvalue weighted by Gasteiger charge is 2.04. The lowest BCUT2D eigenvalue weighted by Crippen LogP contribution is -1.99. The standard InChI is InChI=1S/C11H7BrClN3S/c12-8-1-2-10(7(3-8)4-14)15-5-9-6-16-11(13)17-9/h1-3,6,15H,5H2. The van der Waals surface area contributed by atoms with Gasteiger partial charge in [0.1, 0.15) is 6.07 Å². The van der Waals surface area contributed by atoms with E-state index in [1.807, 2.05) is 12.1 Å². The molecule has 2 rings (SSSR count). The number of nitrogens with one attached hydrogen (secondary N) is 1. The number of aromatic nitrogens is 1. The van der Waals surface area contributed by atoms with E-state index in [4.69, 9.17) is 16.9 Å². The van der Waals surface area contributed by atoms with Gasteiger partial charge >= 0.3 is 0 Å². The van der Waals surface area contributed by atoms with Gasteiger partial charge in [0.25, 0.3) is 0 Å². The van der Waals surface area contributed by atoms with Crippen LogP contribution in [-0.4, -0.2) is 4.98 Å². The van der Waals surface area contributed by atoms with Crippen molar-refractivity contribution < 1.29 is 0 Å². The van der Waals surface area contributed by atoms with Gasteiger partial charge in [-0.3, -0.25) is 0 Å². The molecule has 0 atom stereocenters. The quantitative estimate of drug-likeness (QED) is 0.925. The zero-order chi connectivity index (χ0) is 12.3. The summed E-state index contributed by atoms with van der Waals surface area (Å²) in [6.45, 7) is 0.612. The number of thiazole rings is 1. The highest BCUT2D eigenvalue weighted by Crippen LogP contribution is 2.23. The Morgan fingerprint density at radius 3 is 3.00 bits per heavy atom. The van der Waals surface area contributed by atoms with Crippen LogP contribution in [0.1, 0.15) is 10.4 Å². The van der Waals surface area contributed by atoms with Crippen molar-refractivity contribution in [2.24, 2.45) is 0 Å². The molecule has 1 aromatic carbocycles. The summed E-state index contributed by atoms with van der Waals surface area (Å²) in [5.74, 6) is 0. The molecule has 0 fully saturated rings. The highest BCUT2D eigenvalue weighted by molar-refractivity contribution is 9.10. The molecule has 2 aromatic rings. The maximum absolute atomic E-state index is 9.00. The number of nitrogens with zero attached hydrogens (tertiary/aromatic N) is 2. The van der Waals surface area contributed by atoms with E-state index in [0.717, 1.165) is 15.0 Å². The lowest BCUT2D eigenvalue weighted by molar-refractivity contribution is 1.17. The zero-order valence-corrected chi connectivity index (χ0v) is 11.7. The fourth-order valence-corrected chi connectivity index (χ4v) is 2.59. The molecule has 17 heavy (non-hydrogen) atoms. The molecule has 0 saturated heterocycles. The predicted octanol–water partition coefficient (Wildman–Crippen LogP) is 4.04. The summed E-state index contributed by atoms with van der Waals surface area (Å²) in [6, 6.07) is 7.68. The molecular formula is C11H7BrClN3S. The number of rotatable bonds is 3. The van der Waals surface area contributed by atoms with Crippen molar-refractivity contribution in [3.8, 4) is 6.07 Å². The average molecular weight is 329 g/mol. The van der Waals surface area contributed by atoms with E-state index in [2.05, 4.69) is 32.3 Å². The van der Waals surface area contributed by atoms with Crippen LogP contribution in [0.2, 0.25) is 4.47 Å². The highest BCUT2D eigenvalue weighted by atomic mass is 79.9. The lowest BCUT2D eigenvalue weighted by Gasteiger charge is -2.06. The molecule has 86 valence electrons. The fourth-order valence-electron chi connectivity index (χ4n) is 1.31. The number of anilines is 1. The second-order valence-electron chi connectivity index (χ2n) is 3.23. The third-order valence-corrected chi connectivity index (χ3v) is 3.69. The Labute approximate surface area is 116 Å². The minimum atomic E-state index is 0.526. The van der Waals surface area contributed by atoms with Gasteiger partial charge in [-0.25, -0.2) is 4.98 Å². The van der Waals surface area contributed by atoms with E-state index in [-0.39, 0.29) is 0 Å². The van der Waals surface area contributed by atoms with Gasteiger partial charge in [0.05, 0.1) is 17.8 Å². The fraction of sp³-hybridized carbons (Fsp3) is 0.0909. The molecule has 0 bridgehead atoms. The normalized spacial score (nSPS) is 9.94. The summed E-state index contributed by atoms with van der Waals surface area (Å²) in [7, 11) is 0. The maximum atomic E-state index is 9.00. The summed E-state index contributed by atoms with van der Waals surface area (Å²) >= 11 is 10.5. The Hall–Kier alpha value is -1.09. The second-order valence-corrected chi connectivity index (χ2v) is 5.85. The average Bonchev–Trinajstić information content (AvgIpc) is 2.73. The molecule has 6 heteroatoms. The van der Waals surface area contributed by atoms with Crippen molar-refractivity contribution in [2.45, 2.75) is 6.54 Å². The minimum absolute atomic E-state index is 0.526. The number of hydrogen-bond donors (Lipinski definition) is 1. The largest absolute Gasteiger partial charge is 0.379 e. The van der Waals surface area contributed by atoms with Crippen molar-refractivity contribution in [3.63, 3.8) is 0 Å². The Morgan fingerprint density at radius 1 is 1.53 bits per heavy atom. The number of hydrogen-bond acceptors (Lipinski definition) is 4. The van der Waals surface area contributed by atoms with E-state index in [9.17, 15) is 0 Å². The predicted molar refractivity (Wildman–Crippen MR) is 73.3 cm³/mol. The van der Waals surface area contributed by atoms with E-state index >= 15 is 0 Å². The first-order chi connectivity index (χ1) is 8.19. The van der Waals surface area contributed by atoms with Crippen LogP contribution in [0, 0.1) is 11.3 Å². The minimum Gasteiger partial charge on any atom is -0.379 e. The smallest absolute Gasteiger partial charge is 0.183 e. The topological polar surface area (TPSA) is 48.7 Å². The lowest BCUT2D eigenvalue weighted by atomic mass is 10.2. The summed E-state index contributed by atoms with van der Waals surface area (Å²) in [5.41, 5.74) is 1.41. The first kappa shape index (κ1) is 12.4. The number of nitriles is 1. The van der Waals surface area contributed by atoms with Gasteiger partial charge in [-0.1, -0.05) is 27.5 Å². The van der Waals surface area contributed by atoms with Crippen LogP contribution in [0.5, 0.6) is 0 Å². The van der Waals surface area contributed by atoms with Crippen LogP contribution in [0.25, 0.3) is 0 Å². The van der Waals surface area contributed by atoms with Crippen LogP contribution in [0.15, 0.2) is 28.9 Å². The Bertz CT molecular complexity index is 576. The number of benzene rings is 1. The maximum Gasteiger partial charge on any atom is 0.183 e. The SMILES string of the molecule is N#Cc1cc(Br)ccc1NCc1cnc(Cl)s1. The second kappa shape index (κ2) is 5.50. The van der Waals surface area contributed by atoms with Crippen molar-refractivity contribution in [2.75, 3.05) is 5.32 Å². The molecule has 1 N–H and O–H groups in total. The van der Waals surface area contributed by atoms with E-state index in [0.29, 0.717) is 16.6 Å². The molecule has 3 nitrogen and oxygen atoms in total. The van der Waals surface area contributed by atoms with Crippen molar-refractivity contribution >= 4 is 44.6 Å². The van der Waals surface area contributed by atoms with Crippen LogP contribution in [0.4, 0.5) is 5.69 Å². The summed E-state index contributed by atoms with van der Waals surface area (Å²) in [5, 5.41) is 12.2. The van der Waals surface area contributed by atoms with Crippen molar-refractivity contribution in [1.29, 1.82) is 5.26 Å². The van der Waals surface area contributed by atoms with E-state index in [1.54, 1.807) is 12.3 Å². The van der Waals surface area contributed by atoms with Gasteiger partial charge in [0.2, 0.25) is 0 Å². The van der Waals surface area contributed by atoms with E-state index < -0.39 is 0 Å². The van der Waals surface area contributed by atoms with Crippen LogP contribution in [0.3, 0.4) is 0 Å². The molecule has 0 spiro atoms. The monoisotopic (exact) mass is 327 g/mol. The summed E-state index contributed by atoms with van der Waals surface area (Å²) in [6.07, 6.45) is 1.73. The summed E-state index contributed by atoms with van der Waals surface area (Å²) < 4.78 is 1.42. The molecule has 1 aromatic heterocycles. The van der Waals surface area contributed by atoms with Gasteiger partial charge in [0, 0.05) is 15.5 Å². The van der Waals surface area contributed by atoms with Crippen molar-refractivity contribution in [3.05, 3.63) is 43.8 Å². The van der Waals surface area contributed by atoms with Crippen molar-refractivity contribution in [1.82, 2.24) is 4.98 Å². The Balaban J connectivity index is 2.12. The molecule has 0 unspecified atom stereocenters. The summed E-state index contributed by atoms with van der Waals surface area (Å²) in [4.78, 5) is 4.99.